The Balaban J connectivity index is 2.07. The molecule has 0 saturated heterocycles. The molecule has 0 fully saturated rings. The summed E-state index contributed by atoms with van der Waals surface area (Å²) in [6.07, 6.45) is 0. The van der Waals surface area contributed by atoms with Gasteiger partial charge in [-0.25, -0.2) is 8.42 Å². The standard InChI is InChI=1S/C16H20N4O5S/c1-9-14(11(3)25-19-9)26(23,24)20-10(2)15(21)18-13-7-5-12(6-8-13)16(22)17-4/h5-8,10,20H,1-4H3,(H,17,22)(H,18,21)/t10-/m0/s1. The maximum atomic E-state index is 12.4. The lowest BCUT2D eigenvalue weighted by molar-refractivity contribution is -0.117. The van der Waals surface area contributed by atoms with Crippen LogP contribution in [0.25, 0.3) is 0 Å². The zero-order valence-corrected chi connectivity index (χ0v) is 15.6. The van der Waals surface area contributed by atoms with E-state index in [9.17, 15) is 18.0 Å². The van der Waals surface area contributed by atoms with Gasteiger partial charge in [0.1, 0.15) is 10.6 Å². The van der Waals surface area contributed by atoms with Crippen LogP contribution in [0.1, 0.15) is 28.7 Å². The molecule has 1 heterocycles. The summed E-state index contributed by atoms with van der Waals surface area (Å²) in [4.78, 5) is 23.7. The van der Waals surface area contributed by atoms with Crippen LogP contribution < -0.4 is 15.4 Å². The molecule has 3 N–H and O–H groups in total. The molecule has 9 nitrogen and oxygen atoms in total. The second-order valence-corrected chi connectivity index (χ2v) is 7.29. The molecule has 1 atom stereocenters. The first-order valence-corrected chi connectivity index (χ1v) is 9.22. The van der Waals surface area contributed by atoms with Crippen molar-refractivity contribution < 1.29 is 22.5 Å². The normalized spacial score (nSPS) is 12.5. The molecule has 2 amide bonds. The lowest BCUT2D eigenvalue weighted by Crippen LogP contribution is -2.41. The number of amides is 2. The molecule has 2 rings (SSSR count). The second kappa shape index (κ2) is 7.67. The number of aromatic nitrogens is 1. The van der Waals surface area contributed by atoms with Crippen LogP contribution in [0.15, 0.2) is 33.7 Å². The molecule has 0 bridgehead atoms. The highest BCUT2D eigenvalue weighted by atomic mass is 32.2. The molecule has 0 spiro atoms. The Morgan fingerprint density at radius 2 is 1.77 bits per heavy atom. The fourth-order valence-corrected chi connectivity index (χ4v) is 3.84. The SMILES string of the molecule is CNC(=O)c1ccc(NC(=O)[C@H](C)NS(=O)(=O)c2c(C)noc2C)cc1. The molecule has 1 aromatic heterocycles. The first-order valence-electron chi connectivity index (χ1n) is 7.74. The molecule has 0 unspecified atom stereocenters. The summed E-state index contributed by atoms with van der Waals surface area (Å²) in [7, 11) is -2.44. The molecule has 0 aliphatic rings. The summed E-state index contributed by atoms with van der Waals surface area (Å²) in [5.74, 6) is -0.649. The van der Waals surface area contributed by atoms with Crippen molar-refractivity contribution in [2.75, 3.05) is 12.4 Å². The number of nitrogens with zero attached hydrogens (tertiary/aromatic N) is 1. The van der Waals surface area contributed by atoms with E-state index in [0.29, 0.717) is 11.3 Å². The molecule has 0 aliphatic carbocycles. The van der Waals surface area contributed by atoms with E-state index in [-0.39, 0.29) is 22.3 Å². The number of nitrogens with one attached hydrogen (secondary N) is 3. The third kappa shape index (κ3) is 4.27. The number of benzene rings is 1. The Kier molecular flexibility index (Phi) is 5.78. The number of hydrogen-bond acceptors (Lipinski definition) is 6. The van der Waals surface area contributed by atoms with Crippen molar-refractivity contribution in [2.45, 2.75) is 31.7 Å². The number of sulfonamides is 1. The van der Waals surface area contributed by atoms with Crippen LogP contribution >= 0.6 is 0 Å². The molecule has 1 aromatic carbocycles. The molecule has 0 saturated carbocycles. The summed E-state index contributed by atoms with van der Waals surface area (Å²) in [6.45, 7) is 4.40. The summed E-state index contributed by atoms with van der Waals surface area (Å²) in [5.41, 5.74) is 1.09. The van der Waals surface area contributed by atoms with E-state index in [2.05, 4.69) is 20.5 Å². The van der Waals surface area contributed by atoms with Crippen LogP contribution in [-0.2, 0) is 14.8 Å². The molecule has 0 radical (unpaired) electrons. The molecule has 0 aliphatic heterocycles. The van der Waals surface area contributed by atoms with Crippen LogP contribution in [0.2, 0.25) is 0 Å². The van der Waals surface area contributed by atoms with E-state index < -0.39 is 22.0 Å². The van der Waals surface area contributed by atoms with Crippen molar-refractivity contribution in [2.24, 2.45) is 0 Å². The number of aryl methyl sites for hydroxylation is 2. The summed E-state index contributed by atoms with van der Waals surface area (Å²) < 4.78 is 32.0. The van der Waals surface area contributed by atoms with Crippen LogP contribution in [0.4, 0.5) is 5.69 Å². The van der Waals surface area contributed by atoms with E-state index in [1.807, 2.05) is 0 Å². The van der Waals surface area contributed by atoms with Gasteiger partial charge in [-0.2, -0.15) is 4.72 Å². The van der Waals surface area contributed by atoms with Crippen molar-refractivity contribution in [3.63, 3.8) is 0 Å². The van der Waals surface area contributed by atoms with Gasteiger partial charge < -0.3 is 15.2 Å². The van der Waals surface area contributed by atoms with Gasteiger partial charge in [-0.3, -0.25) is 9.59 Å². The van der Waals surface area contributed by atoms with E-state index >= 15 is 0 Å². The minimum absolute atomic E-state index is 0.0768. The number of anilines is 1. The number of carbonyl (C=O) groups is 2. The quantitative estimate of drug-likeness (QED) is 0.684. The van der Waals surface area contributed by atoms with Gasteiger partial charge in [0.2, 0.25) is 15.9 Å². The van der Waals surface area contributed by atoms with Gasteiger partial charge in [-0.1, -0.05) is 5.16 Å². The second-order valence-electron chi connectivity index (χ2n) is 5.64. The summed E-state index contributed by atoms with van der Waals surface area (Å²) in [6, 6.07) is 5.17. The molecule has 26 heavy (non-hydrogen) atoms. The third-order valence-electron chi connectivity index (χ3n) is 3.60. The number of rotatable bonds is 6. The van der Waals surface area contributed by atoms with Crippen LogP contribution in [-0.4, -0.2) is 38.5 Å². The maximum Gasteiger partial charge on any atom is 0.251 e. The van der Waals surface area contributed by atoms with Gasteiger partial charge in [0, 0.05) is 18.3 Å². The molecule has 140 valence electrons. The minimum atomic E-state index is -3.96. The van der Waals surface area contributed by atoms with Gasteiger partial charge in [-0.05, 0) is 45.0 Å². The van der Waals surface area contributed by atoms with Gasteiger partial charge in [0.25, 0.3) is 5.91 Å². The molecule has 10 heteroatoms. The highest BCUT2D eigenvalue weighted by molar-refractivity contribution is 7.89. The van der Waals surface area contributed by atoms with Crippen LogP contribution in [0.5, 0.6) is 0 Å². The predicted octanol–water partition coefficient (Wildman–Crippen LogP) is 0.957. The molecule has 2 aromatic rings. The highest BCUT2D eigenvalue weighted by Gasteiger charge is 2.28. The average Bonchev–Trinajstić information content (AvgIpc) is 2.93. The fraction of sp³-hybridized carbons (Fsp3) is 0.312. The van der Waals surface area contributed by atoms with Crippen molar-refractivity contribution in [1.82, 2.24) is 15.2 Å². The fourth-order valence-electron chi connectivity index (χ4n) is 2.30. The van der Waals surface area contributed by atoms with E-state index in [0.717, 1.165) is 0 Å². The Bertz CT molecular complexity index is 899. The first kappa shape index (κ1) is 19.6. The Hall–Kier alpha value is -2.72. The average molecular weight is 380 g/mol. The van der Waals surface area contributed by atoms with E-state index in [1.165, 1.54) is 27.8 Å². The third-order valence-corrected chi connectivity index (χ3v) is 5.39. The maximum absolute atomic E-state index is 12.4. The Labute approximate surface area is 151 Å². The summed E-state index contributed by atoms with van der Waals surface area (Å²) in [5, 5.41) is 8.68. The van der Waals surface area contributed by atoms with Gasteiger partial charge in [0.15, 0.2) is 5.76 Å². The van der Waals surface area contributed by atoms with Crippen molar-refractivity contribution >= 4 is 27.5 Å². The summed E-state index contributed by atoms with van der Waals surface area (Å²) >= 11 is 0. The van der Waals surface area contributed by atoms with Gasteiger partial charge >= 0.3 is 0 Å². The lowest BCUT2D eigenvalue weighted by Gasteiger charge is -2.14. The number of carbonyl (C=O) groups excluding carboxylic acids is 2. The number of hydrogen-bond donors (Lipinski definition) is 3. The van der Waals surface area contributed by atoms with Crippen molar-refractivity contribution in [3.8, 4) is 0 Å². The van der Waals surface area contributed by atoms with Gasteiger partial charge in [0.05, 0.1) is 6.04 Å². The van der Waals surface area contributed by atoms with Gasteiger partial charge in [-0.15, -0.1) is 0 Å². The molecular formula is C16H20N4O5S. The highest BCUT2D eigenvalue weighted by Crippen LogP contribution is 2.19. The van der Waals surface area contributed by atoms with E-state index in [4.69, 9.17) is 4.52 Å². The smallest absolute Gasteiger partial charge is 0.251 e. The first-order chi connectivity index (χ1) is 12.2. The van der Waals surface area contributed by atoms with Crippen molar-refractivity contribution in [3.05, 3.63) is 41.3 Å². The molecular weight excluding hydrogens is 360 g/mol. The zero-order chi connectivity index (χ0) is 19.5. The Morgan fingerprint density at radius 3 is 2.27 bits per heavy atom. The largest absolute Gasteiger partial charge is 0.360 e. The van der Waals surface area contributed by atoms with Crippen molar-refractivity contribution in [1.29, 1.82) is 0 Å². The Morgan fingerprint density at radius 1 is 1.15 bits per heavy atom. The predicted molar refractivity (Wildman–Crippen MR) is 94.2 cm³/mol. The lowest BCUT2D eigenvalue weighted by atomic mass is 10.2. The zero-order valence-electron chi connectivity index (χ0n) is 14.8. The van der Waals surface area contributed by atoms with E-state index in [1.54, 1.807) is 24.3 Å². The minimum Gasteiger partial charge on any atom is -0.360 e. The van der Waals surface area contributed by atoms with Crippen LogP contribution in [0.3, 0.4) is 0 Å². The topological polar surface area (TPSA) is 130 Å². The van der Waals surface area contributed by atoms with Crippen LogP contribution in [0, 0.1) is 13.8 Å². The monoisotopic (exact) mass is 380 g/mol.